The minimum Gasteiger partial charge on any atom is -0.492 e. The number of sulfonamides is 1. The van der Waals surface area contributed by atoms with E-state index < -0.39 is 10.0 Å². The van der Waals surface area contributed by atoms with Crippen LogP contribution in [0.2, 0.25) is 0 Å². The van der Waals surface area contributed by atoms with Crippen molar-refractivity contribution in [2.45, 2.75) is 6.92 Å². The molecule has 2 N–H and O–H groups in total. The summed E-state index contributed by atoms with van der Waals surface area (Å²) < 4.78 is 27.1. The highest BCUT2D eigenvalue weighted by Gasteiger charge is 2.12. The molecule has 1 rings (SSSR count). The minimum absolute atomic E-state index is 0.137. The standard InChI is InChI=1S/C11H14N2O3S/c1-9(8-17(13,14)15)7-16-11-5-3-2-4-10(11)6-12/h2-5,9H,7-8H2,1H3,(H2,13,14,15). The number of para-hydroxylation sites is 1. The smallest absolute Gasteiger partial charge is 0.209 e. The van der Waals surface area contributed by atoms with Crippen LogP contribution in [-0.2, 0) is 10.0 Å². The molecule has 0 saturated heterocycles. The largest absolute Gasteiger partial charge is 0.492 e. The van der Waals surface area contributed by atoms with Crippen molar-refractivity contribution < 1.29 is 13.2 Å². The molecule has 0 fully saturated rings. The first-order valence-electron chi connectivity index (χ1n) is 5.05. The molecular formula is C11H14N2O3S. The molecule has 0 spiro atoms. The number of primary sulfonamides is 1. The minimum atomic E-state index is -3.49. The van der Waals surface area contributed by atoms with Crippen LogP contribution >= 0.6 is 0 Å². The van der Waals surface area contributed by atoms with Crippen molar-refractivity contribution in [2.75, 3.05) is 12.4 Å². The van der Waals surface area contributed by atoms with Gasteiger partial charge in [0.05, 0.1) is 17.9 Å². The molecule has 0 heterocycles. The van der Waals surface area contributed by atoms with Gasteiger partial charge in [-0.2, -0.15) is 5.26 Å². The molecule has 0 aromatic heterocycles. The van der Waals surface area contributed by atoms with E-state index in [2.05, 4.69) is 0 Å². The number of ether oxygens (including phenoxy) is 1. The molecule has 0 aliphatic heterocycles. The fourth-order valence-electron chi connectivity index (χ4n) is 1.36. The average Bonchev–Trinajstić information content (AvgIpc) is 2.24. The second-order valence-corrected chi connectivity index (χ2v) is 5.51. The molecule has 0 aliphatic carbocycles. The maximum atomic E-state index is 10.8. The van der Waals surface area contributed by atoms with Crippen LogP contribution in [0.15, 0.2) is 24.3 Å². The maximum absolute atomic E-state index is 10.8. The summed E-state index contributed by atoms with van der Waals surface area (Å²) in [4.78, 5) is 0. The van der Waals surface area contributed by atoms with Crippen LogP contribution in [0.25, 0.3) is 0 Å². The molecule has 0 radical (unpaired) electrons. The third-order valence-corrected chi connectivity index (χ3v) is 3.08. The molecule has 6 heteroatoms. The van der Waals surface area contributed by atoms with Crippen LogP contribution in [0.1, 0.15) is 12.5 Å². The zero-order valence-corrected chi connectivity index (χ0v) is 10.3. The SMILES string of the molecule is CC(COc1ccccc1C#N)CS(N)(=O)=O. The molecule has 92 valence electrons. The third kappa shape index (κ3) is 4.85. The van der Waals surface area contributed by atoms with E-state index in [-0.39, 0.29) is 18.3 Å². The summed E-state index contributed by atoms with van der Waals surface area (Å²) in [5, 5.41) is 13.7. The number of hydrogen-bond acceptors (Lipinski definition) is 4. The highest BCUT2D eigenvalue weighted by Crippen LogP contribution is 2.17. The van der Waals surface area contributed by atoms with Crippen molar-refractivity contribution in [1.29, 1.82) is 5.26 Å². The Balaban J connectivity index is 2.59. The van der Waals surface area contributed by atoms with Crippen LogP contribution in [0.5, 0.6) is 5.75 Å². The van der Waals surface area contributed by atoms with Gasteiger partial charge in [-0.25, -0.2) is 13.6 Å². The van der Waals surface area contributed by atoms with E-state index in [0.29, 0.717) is 11.3 Å². The Kier molecular flexibility index (Phi) is 4.49. The highest BCUT2D eigenvalue weighted by molar-refractivity contribution is 7.89. The van der Waals surface area contributed by atoms with E-state index in [9.17, 15) is 8.42 Å². The van der Waals surface area contributed by atoms with Gasteiger partial charge in [-0.1, -0.05) is 19.1 Å². The van der Waals surface area contributed by atoms with Gasteiger partial charge in [0.1, 0.15) is 11.8 Å². The van der Waals surface area contributed by atoms with E-state index in [1.165, 1.54) is 0 Å². The number of benzene rings is 1. The first-order valence-corrected chi connectivity index (χ1v) is 6.76. The number of nitriles is 1. The van der Waals surface area contributed by atoms with Crippen molar-refractivity contribution >= 4 is 10.0 Å². The van der Waals surface area contributed by atoms with Gasteiger partial charge in [0.15, 0.2) is 0 Å². The van der Waals surface area contributed by atoms with E-state index in [0.717, 1.165) is 0 Å². The van der Waals surface area contributed by atoms with Gasteiger partial charge in [-0.3, -0.25) is 0 Å². The molecule has 0 amide bonds. The van der Waals surface area contributed by atoms with E-state index >= 15 is 0 Å². The van der Waals surface area contributed by atoms with Crippen molar-refractivity contribution in [1.82, 2.24) is 0 Å². The number of rotatable bonds is 5. The summed E-state index contributed by atoms with van der Waals surface area (Å²) in [5.74, 6) is 0.0925. The predicted octanol–water partition coefficient (Wildman–Crippen LogP) is 0.862. The number of nitrogens with two attached hydrogens (primary N) is 1. The molecule has 5 nitrogen and oxygen atoms in total. The summed E-state index contributed by atoms with van der Waals surface area (Å²) in [5.41, 5.74) is 0.426. The van der Waals surface area contributed by atoms with Crippen LogP contribution in [0, 0.1) is 17.2 Å². The molecule has 1 unspecified atom stereocenters. The lowest BCUT2D eigenvalue weighted by atomic mass is 10.2. The summed E-state index contributed by atoms with van der Waals surface area (Å²) in [6, 6.07) is 8.79. The predicted molar refractivity (Wildman–Crippen MR) is 63.8 cm³/mol. The van der Waals surface area contributed by atoms with Crippen molar-refractivity contribution in [3.8, 4) is 11.8 Å². The Bertz CT molecular complexity index is 520. The lowest BCUT2D eigenvalue weighted by Gasteiger charge is -2.12. The van der Waals surface area contributed by atoms with E-state index in [1.54, 1.807) is 31.2 Å². The van der Waals surface area contributed by atoms with Crippen molar-refractivity contribution in [3.05, 3.63) is 29.8 Å². The molecule has 0 bridgehead atoms. The molecule has 0 aliphatic rings. The topological polar surface area (TPSA) is 93.2 Å². The third-order valence-electron chi connectivity index (χ3n) is 2.05. The lowest BCUT2D eigenvalue weighted by molar-refractivity contribution is 0.271. The number of hydrogen-bond donors (Lipinski definition) is 1. The van der Waals surface area contributed by atoms with Gasteiger partial charge in [-0.05, 0) is 12.1 Å². The quantitative estimate of drug-likeness (QED) is 0.843. The molecular weight excluding hydrogens is 240 g/mol. The molecule has 0 saturated carbocycles. The monoisotopic (exact) mass is 254 g/mol. The fraction of sp³-hybridized carbons (Fsp3) is 0.364. The molecule has 17 heavy (non-hydrogen) atoms. The van der Waals surface area contributed by atoms with Gasteiger partial charge in [0.2, 0.25) is 10.0 Å². The maximum Gasteiger partial charge on any atom is 0.209 e. The fourth-order valence-corrected chi connectivity index (χ4v) is 2.25. The zero-order chi connectivity index (χ0) is 12.9. The van der Waals surface area contributed by atoms with Crippen LogP contribution in [-0.4, -0.2) is 20.8 Å². The second kappa shape index (κ2) is 5.66. The van der Waals surface area contributed by atoms with Crippen LogP contribution in [0.4, 0.5) is 0 Å². The van der Waals surface area contributed by atoms with Gasteiger partial charge in [0.25, 0.3) is 0 Å². The summed E-state index contributed by atoms with van der Waals surface area (Å²) >= 11 is 0. The van der Waals surface area contributed by atoms with E-state index in [1.807, 2.05) is 6.07 Å². The Hall–Kier alpha value is -1.58. The zero-order valence-electron chi connectivity index (χ0n) is 9.46. The van der Waals surface area contributed by atoms with Gasteiger partial charge < -0.3 is 4.74 Å². The molecule has 1 atom stereocenters. The summed E-state index contributed by atoms with van der Waals surface area (Å²) in [6.45, 7) is 1.93. The van der Waals surface area contributed by atoms with Gasteiger partial charge in [0, 0.05) is 5.92 Å². The van der Waals surface area contributed by atoms with Crippen LogP contribution in [0.3, 0.4) is 0 Å². The highest BCUT2D eigenvalue weighted by atomic mass is 32.2. The molecule has 1 aromatic rings. The summed E-state index contributed by atoms with van der Waals surface area (Å²) in [7, 11) is -3.49. The Labute approximate surface area is 101 Å². The Morgan fingerprint density at radius 3 is 2.71 bits per heavy atom. The van der Waals surface area contributed by atoms with Crippen LogP contribution < -0.4 is 9.88 Å². The Morgan fingerprint density at radius 1 is 1.47 bits per heavy atom. The molecule has 1 aromatic carbocycles. The van der Waals surface area contributed by atoms with Gasteiger partial charge >= 0.3 is 0 Å². The first kappa shape index (κ1) is 13.5. The van der Waals surface area contributed by atoms with Crippen molar-refractivity contribution in [2.24, 2.45) is 11.1 Å². The van der Waals surface area contributed by atoms with E-state index in [4.69, 9.17) is 15.1 Å². The average molecular weight is 254 g/mol. The van der Waals surface area contributed by atoms with Crippen molar-refractivity contribution in [3.63, 3.8) is 0 Å². The van der Waals surface area contributed by atoms with Gasteiger partial charge in [-0.15, -0.1) is 0 Å². The Morgan fingerprint density at radius 2 is 2.12 bits per heavy atom. The first-order chi connectivity index (χ1) is 7.92. The lowest BCUT2D eigenvalue weighted by Crippen LogP contribution is -2.25. The number of nitrogens with zero attached hydrogens (tertiary/aromatic N) is 1. The normalized spacial score (nSPS) is 12.8. The second-order valence-electron chi connectivity index (χ2n) is 3.85. The summed E-state index contributed by atoms with van der Waals surface area (Å²) in [6.07, 6.45) is 0.